The van der Waals surface area contributed by atoms with Gasteiger partial charge in [0.2, 0.25) is 5.82 Å². The smallest absolute Gasteiger partial charge is 0.299 e. The predicted molar refractivity (Wildman–Crippen MR) is 70.2 cm³/mol. The van der Waals surface area contributed by atoms with E-state index in [9.17, 15) is 19.3 Å². The summed E-state index contributed by atoms with van der Waals surface area (Å²) >= 11 is 1.13. The summed E-state index contributed by atoms with van der Waals surface area (Å²) in [6.07, 6.45) is 0. The summed E-state index contributed by atoms with van der Waals surface area (Å²) in [6, 6.07) is 3.67. The lowest BCUT2D eigenvalue weighted by molar-refractivity contribution is -0.387. The first-order valence-electron chi connectivity index (χ1n) is 5.50. The molecule has 0 N–H and O–H groups in total. The van der Waals surface area contributed by atoms with Crippen LogP contribution in [0.15, 0.2) is 23.0 Å². The molecule has 0 aliphatic heterocycles. The van der Waals surface area contributed by atoms with E-state index in [2.05, 4.69) is 0 Å². The Kier molecular flexibility index (Phi) is 3.48. The molecule has 0 unspecified atom stereocenters. The van der Waals surface area contributed by atoms with Crippen molar-refractivity contribution < 1.29 is 9.31 Å². The SMILES string of the molecule is Cc1sc(=O)n(Cc2ccc([N+](=O)[O-])c(F)c2)c1C. The van der Waals surface area contributed by atoms with Crippen LogP contribution < -0.4 is 4.87 Å². The number of nitro benzene ring substituents is 1. The third-order valence-electron chi connectivity index (χ3n) is 2.92. The van der Waals surface area contributed by atoms with Gasteiger partial charge in [-0.2, -0.15) is 4.39 Å². The summed E-state index contributed by atoms with van der Waals surface area (Å²) in [4.78, 5) is 22.2. The molecule has 0 aliphatic carbocycles. The van der Waals surface area contributed by atoms with Crippen LogP contribution in [0.3, 0.4) is 0 Å². The average molecular weight is 282 g/mol. The van der Waals surface area contributed by atoms with Gasteiger partial charge in [-0.25, -0.2) is 0 Å². The number of benzene rings is 1. The third kappa shape index (κ3) is 2.55. The molecule has 0 spiro atoms. The van der Waals surface area contributed by atoms with E-state index in [1.165, 1.54) is 10.6 Å². The quantitative estimate of drug-likeness (QED) is 0.642. The number of nitro groups is 1. The fourth-order valence-corrected chi connectivity index (χ4v) is 2.58. The highest BCUT2D eigenvalue weighted by Crippen LogP contribution is 2.19. The molecule has 0 radical (unpaired) electrons. The molecule has 7 heteroatoms. The summed E-state index contributed by atoms with van der Waals surface area (Å²) < 4.78 is 15.0. The van der Waals surface area contributed by atoms with Crippen LogP contribution in [-0.4, -0.2) is 9.49 Å². The molecule has 19 heavy (non-hydrogen) atoms. The van der Waals surface area contributed by atoms with Crippen molar-refractivity contribution in [1.29, 1.82) is 0 Å². The van der Waals surface area contributed by atoms with Crippen LogP contribution in [0.5, 0.6) is 0 Å². The van der Waals surface area contributed by atoms with Crippen molar-refractivity contribution in [2.24, 2.45) is 0 Å². The Morgan fingerprint density at radius 3 is 2.58 bits per heavy atom. The van der Waals surface area contributed by atoms with Crippen LogP contribution >= 0.6 is 11.3 Å². The highest BCUT2D eigenvalue weighted by molar-refractivity contribution is 7.09. The number of rotatable bonds is 3. The lowest BCUT2D eigenvalue weighted by atomic mass is 10.2. The van der Waals surface area contributed by atoms with Crippen LogP contribution in [0.25, 0.3) is 0 Å². The van der Waals surface area contributed by atoms with Crippen LogP contribution in [0.4, 0.5) is 10.1 Å². The number of hydrogen-bond donors (Lipinski definition) is 0. The molecule has 100 valence electrons. The first-order chi connectivity index (χ1) is 8.90. The van der Waals surface area contributed by atoms with Crippen LogP contribution in [-0.2, 0) is 6.54 Å². The van der Waals surface area contributed by atoms with Gasteiger partial charge in [0.1, 0.15) is 0 Å². The van der Waals surface area contributed by atoms with Gasteiger partial charge >= 0.3 is 10.6 Å². The van der Waals surface area contributed by atoms with Gasteiger partial charge in [-0.1, -0.05) is 17.4 Å². The molecule has 0 amide bonds. The predicted octanol–water partition coefficient (Wildman–Crippen LogP) is 2.62. The van der Waals surface area contributed by atoms with Crippen molar-refractivity contribution in [3.63, 3.8) is 0 Å². The normalized spacial score (nSPS) is 10.7. The summed E-state index contributed by atoms with van der Waals surface area (Å²) in [7, 11) is 0. The zero-order valence-electron chi connectivity index (χ0n) is 10.3. The molecule has 0 atom stereocenters. The first-order valence-corrected chi connectivity index (χ1v) is 6.31. The number of hydrogen-bond acceptors (Lipinski definition) is 4. The Balaban J connectivity index is 2.37. The highest BCUT2D eigenvalue weighted by atomic mass is 32.1. The Labute approximate surface area is 112 Å². The Morgan fingerprint density at radius 2 is 2.11 bits per heavy atom. The van der Waals surface area contributed by atoms with Gasteiger partial charge in [0.15, 0.2) is 0 Å². The van der Waals surface area contributed by atoms with Gasteiger partial charge < -0.3 is 0 Å². The molecule has 1 heterocycles. The second-order valence-corrected chi connectivity index (χ2v) is 5.30. The average Bonchev–Trinajstić information content (AvgIpc) is 2.56. The lowest BCUT2D eigenvalue weighted by Gasteiger charge is -2.05. The minimum atomic E-state index is -0.889. The molecule has 1 aromatic heterocycles. The number of nitrogens with zero attached hydrogens (tertiary/aromatic N) is 2. The van der Waals surface area contributed by atoms with Gasteiger partial charge in [-0.3, -0.25) is 19.5 Å². The zero-order chi connectivity index (χ0) is 14.2. The minimum Gasteiger partial charge on any atom is -0.299 e. The number of thiazole rings is 1. The fraction of sp³-hybridized carbons (Fsp3) is 0.250. The summed E-state index contributed by atoms with van der Waals surface area (Å²) in [5, 5.41) is 10.5. The number of aryl methyl sites for hydroxylation is 1. The molecule has 2 rings (SSSR count). The summed E-state index contributed by atoms with van der Waals surface area (Å²) in [5.74, 6) is -0.889. The molecular formula is C12H11FN2O3S. The van der Waals surface area contributed by atoms with E-state index in [1.807, 2.05) is 13.8 Å². The van der Waals surface area contributed by atoms with E-state index in [0.717, 1.165) is 34.0 Å². The van der Waals surface area contributed by atoms with Gasteiger partial charge in [0.25, 0.3) is 0 Å². The van der Waals surface area contributed by atoms with Crippen LogP contribution in [0, 0.1) is 29.8 Å². The topological polar surface area (TPSA) is 65.1 Å². The van der Waals surface area contributed by atoms with E-state index in [0.29, 0.717) is 5.56 Å². The summed E-state index contributed by atoms with van der Waals surface area (Å²) in [5.41, 5.74) is 0.786. The zero-order valence-corrected chi connectivity index (χ0v) is 11.2. The Bertz CT molecular complexity index is 705. The second kappa shape index (κ2) is 4.93. The number of aromatic nitrogens is 1. The first kappa shape index (κ1) is 13.4. The van der Waals surface area contributed by atoms with Gasteiger partial charge in [-0.15, -0.1) is 0 Å². The fourth-order valence-electron chi connectivity index (χ4n) is 1.75. The third-order valence-corrected chi connectivity index (χ3v) is 3.92. The van der Waals surface area contributed by atoms with E-state index in [-0.39, 0.29) is 11.4 Å². The van der Waals surface area contributed by atoms with Gasteiger partial charge in [-0.05, 0) is 25.5 Å². The standard InChI is InChI=1S/C12H11FN2O3S/c1-7-8(2)19-12(16)14(7)6-9-3-4-11(15(17)18)10(13)5-9/h3-5H,6H2,1-2H3. The van der Waals surface area contributed by atoms with E-state index >= 15 is 0 Å². The molecular weight excluding hydrogens is 271 g/mol. The Hall–Kier alpha value is -2.02. The van der Waals surface area contributed by atoms with Crippen molar-refractivity contribution in [3.05, 3.63) is 59.9 Å². The molecule has 1 aromatic carbocycles. The summed E-state index contributed by atoms with van der Waals surface area (Å²) in [6.45, 7) is 3.87. The largest absolute Gasteiger partial charge is 0.307 e. The molecule has 0 aliphatic rings. The van der Waals surface area contributed by atoms with Crippen molar-refractivity contribution in [2.75, 3.05) is 0 Å². The lowest BCUT2D eigenvalue weighted by Crippen LogP contribution is -2.15. The van der Waals surface area contributed by atoms with E-state index < -0.39 is 16.4 Å². The monoisotopic (exact) mass is 282 g/mol. The van der Waals surface area contributed by atoms with Crippen molar-refractivity contribution in [2.45, 2.75) is 20.4 Å². The van der Waals surface area contributed by atoms with Crippen molar-refractivity contribution in [1.82, 2.24) is 4.57 Å². The van der Waals surface area contributed by atoms with E-state index in [1.54, 1.807) is 0 Å². The molecule has 0 saturated carbocycles. The van der Waals surface area contributed by atoms with Crippen molar-refractivity contribution >= 4 is 17.0 Å². The maximum Gasteiger partial charge on any atom is 0.307 e. The van der Waals surface area contributed by atoms with Crippen molar-refractivity contribution in [3.8, 4) is 0 Å². The van der Waals surface area contributed by atoms with Crippen LogP contribution in [0.2, 0.25) is 0 Å². The van der Waals surface area contributed by atoms with E-state index in [4.69, 9.17) is 0 Å². The minimum absolute atomic E-state index is 0.117. The number of halogens is 1. The molecule has 0 bridgehead atoms. The maximum absolute atomic E-state index is 13.5. The molecule has 5 nitrogen and oxygen atoms in total. The molecule has 0 saturated heterocycles. The maximum atomic E-state index is 13.5. The molecule has 2 aromatic rings. The second-order valence-electron chi connectivity index (χ2n) is 4.14. The van der Waals surface area contributed by atoms with Gasteiger partial charge in [0, 0.05) is 16.6 Å². The Morgan fingerprint density at radius 1 is 1.42 bits per heavy atom. The molecule has 0 fully saturated rings. The highest BCUT2D eigenvalue weighted by Gasteiger charge is 2.15. The van der Waals surface area contributed by atoms with Gasteiger partial charge in [0.05, 0.1) is 11.5 Å². The van der Waals surface area contributed by atoms with Crippen LogP contribution in [0.1, 0.15) is 16.1 Å².